The molecule has 244 valence electrons. The highest BCUT2D eigenvalue weighted by atomic mass is 19.4. The summed E-state index contributed by atoms with van der Waals surface area (Å²) in [6.07, 6.45) is -3.87. The van der Waals surface area contributed by atoms with Crippen molar-refractivity contribution in [3.63, 3.8) is 0 Å². The number of carbonyl (C=O) groups is 1. The fourth-order valence-corrected chi connectivity index (χ4v) is 5.49. The van der Waals surface area contributed by atoms with E-state index in [1.54, 1.807) is 6.07 Å². The standard InChI is InChI=1S/C32H43F3N8O2/c1-31(2,3)28-21(9-8-10-25(28)36-4)18-37-29-23(32(33,34)35)19-38-30(40-29)39-24-12-11-22(17-26(24)45-7)42-13-15-43(16-14-42)27(44)20-41(5)6/h8-12,17,19,36H,13-16,18,20H2,1-7H3,(H2,37,38,39,40). The molecule has 2 aromatic carbocycles. The van der Waals surface area contributed by atoms with Crippen molar-refractivity contribution in [2.45, 2.75) is 38.9 Å². The summed E-state index contributed by atoms with van der Waals surface area (Å²) in [7, 11) is 7.09. The van der Waals surface area contributed by atoms with Crippen LogP contribution < -0.4 is 25.6 Å². The Hall–Kier alpha value is -4.26. The fraction of sp³-hybridized carbons (Fsp3) is 0.469. The Morgan fingerprint density at radius 1 is 1.04 bits per heavy atom. The van der Waals surface area contributed by atoms with E-state index in [-0.39, 0.29) is 29.6 Å². The van der Waals surface area contributed by atoms with Crippen molar-refractivity contribution in [2.24, 2.45) is 0 Å². The van der Waals surface area contributed by atoms with Gasteiger partial charge in [0, 0.05) is 63.4 Å². The summed E-state index contributed by atoms with van der Waals surface area (Å²) in [4.78, 5) is 26.5. The summed E-state index contributed by atoms with van der Waals surface area (Å²) in [6, 6.07) is 11.3. The largest absolute Gasteiger partial charge is 0.494 e. The number of nitrogens with zero attached hydrogens (tertiary/aromatic N) is 5. The van der Waals surface area contributed by atoms with Crippen LogP contribution in [-0.2, 0) is 22.9 Å². The molecule has 0 saturated carbocycles. The molecule has 3 N–H and O–H groups in total. The predicted octanol–water partition coefficient (Wildman–Crippen LogP) is 5.41. The highest BCUT2D eigenvalue weighted by molar-refractivity contribution is 5.78. The number of halogens is 3. The third-order valence-corrected chi connectivity index (χ3v) is 7.59. The third kappa shape index (κ3) is 8.27. The van der Waals surface area contributed by atoms with Crippen molar-refractivity contribution < 1.29 is 22.7 Å². The lowest BCUT2D eigenvalue weighted by Gasteiger charge is -2.36. The van der Waals surface area contributed by atoms with Gasteiger partial charge in [-0.05, 0) is 48.8 Å². The van der Waals surface area contributed by atoms with Gasteiger partial charge in [-0.25, -0.2) is 4.98 Å². The van der Waals surface area contributed by atoms with Crippen LogP contribution in [0.15, 0.2) is 42.6 Å². The molecule has 0 atom stereocenters. The SMILES string of the molecule is CNc1cccc(CNc2nc(Nc3ccc(N4CCN(C(=O)CN(C)C)CC4)cc3OC)ncc2C(F)(F)F)c1C(C)(C)C. The molecule has 45 heavy (non-hydrogen) atoms. The lowest BCUT2D eigenvalue weighted by atomic mass is 9.82. The highest BCUT2D eigenvalue weighted by Crippen LogP contribution is 2.37. The van der Waals surface area contributed by atoms with Crippen LogP contribution in [0.2, 0.25) is 0 Å². The fourth-order valence-electron chi connectivity index (χ4n) is 5.49. The van der Waals surface area contributed by atoms with Crippen molar-refractivity contribution in [1.29, 1.82) is 0 Å². The van der Waals surface area contributed by atoms with Crippen LogP contribution in [0.1, 0.15) is 37.5 Å². The number of ether oxygens (including phenoxy) is 1. The van der Waals surface area contributed by atoms with E-state index < -0.39 is 11.7 Å². The predicted molar refractivity (Wildman–Crippen MR) is 173 cm³/mol. The summed E-state index contributed by atoms with van der Waals surface area (Å²) >= 11 is 0. The number of benzene rings is 2. The molecule has 13 heteroatoms. The first-order chi connectivity index (χ1) is 21.2. The smallest absolute Gasteiger partial charge is 0.421 e. The second kappa shape index (κ2) is 13.8. The van der Waals surface area contributed by atoms with Crippen molar-refractivity contribution in [2.75, 3.05) is 81.8 Å². The number of likely N-dealkylation sites (N-methyl/N-ethyl adjacent to an activating group) is 1. The van der Waals surface area contributed by atoms with E-state index in [0.29, 0.717) is 44.2 Å². The summed E-state index contributed by atoms with van der Waals surface area (Å²) in [5.74, 6) is 0.246. The third-order valence-electron chi connectivity index (χ3n) is 7.59. The Morgan fingerprint density at radius 2 is 1.76 bits per heavy atom. The zero-order chi connectivity index (χ0) is 32.9. The van der Waals surface area contributed by atoms with Gasteiger partial charge >= 0.3 is 6.18 Å². The Bertz CT molecular complexity index is 1480. The highest BCUT2D eigenvalue weighted by Gasteiger charge is 2.35. The van der Waals surface area contributed by atoms with Gasteiger partial charge in [0.15, 0.2) is 0 Å². The van der Waals surface area contributed by atoms with Gasteiger partial charge in [0.2, 0.25) is 11.9 Å². The van der Waals surface area contributed by atoms with E-state index in [2.05, 4.69) is 51.6 Å². The molecule has 1 aliphatic heterocycles. The molecule has 1 aliphatic rings. The van der Waals surface area contributed by atoms with Crippen LogP contribution in [0.5, 0.6) is 5.75 Å². The number of methoxy groups -OCH3 is 1. The van der Waals surface area contributed by atoms with Gasteiger partial charge in [-0.1, -0.05) is 32.9 Å². The van der Waals surface area contributed by atoms with Crippen LogP contribution in [0, 0.1) is 0 Å². The topological polar surface area (TPSA) is 97.9 Å². The molecule has 1 saturated heterocycles. The van der Waals surface area contributed by atoms with E-state index in [1.165, 1.54) is 7.11 Å². The average Bonchev–Trinajstić information content (AvgIpc) is 2.98. The maximum absolute atomic E-state index is 14.0. The number of rotatable bonds is 10. The van der Waals surface area contributed by atoms with Gasteiger partial charge < -0.3 is 35.4 Å². The number of carbonyl (C=O) groups excluding carboxylic acids is 1. The summed E-state index contributed by atoms with van der Waals surface area (Å²) in [5, 5.41) is 9.13. The number of amides is 1. The molecular weight excluding hydrogens is 585 g/mol. The molecule has 10 nitrogen and oxygen atoms in total. The number of anilines is 5. The molecule has 0 radical (unpaired) electrons. The molecule has 1 amide bonds. The molecule has 4 rings (SSSR count). The Kier molecular flexibility index (Phi) is 10.3. The van der Waals surface area contributed by atoms with Crippen LogP contribution in [0.3, 0.4) is 0 Å². The van der Waals surface area contributed by atoms with E-state index in [4.69, 9.17) is 4.74 Å². The lowest BCUT2D eigenvalue weighted by molar-refractivity contribution is -0.137. The maximum Gasteiger partial charge on any atom is 0.421 e. The van der Waals surface area contributed by atoms with Gasteiger partial charge in [-0.3, -0.25) is 4.79 Å². The van der Waals surface area contributed by atoms with Gasteiger partial charge in [0.05, 0.1) is 19.3 Å². The number of hydrogen-bond donors (Lipinski definition) is 3. The molecule has 1 aromatic heterocycles. The minimum Gasteiger partial charge on any atom is -0.494 e. The van der Waals surface area contributed by atoms with E-state index in [1.807, 2.05) is 61.3 Å². The van der Waals surface area contributed by atoms with Crippen LogP contribution in [0.25, 0.3) is 0 Å². The summed E-state index contributed by atoms with van der Waals surface area (Å²) in [5.41, 5.74) is 2.98. The molecule has 3 aromatic rings. The Labute approximate surface area is 263 Å². The normalized spacial score (nSPS) is 14.0. The molecular formula is C32H43F3N8O2. The van der Waals surface area contributed by atoms with Gasteiger partial charge in [-0.15, -0.1) is 0 Å². The second-order valence-electron chi connectivity index (χ2n) is 12.3. The second-order valence-corrected chi connectivity index (χ2v) is 12.3. The first-order valence-corrected chi connectivity index (χ1v) is 14.8. The number of hydrogen-bond acceptors (Lipinski definition) is 9. The quantitative estimate of drug-likeness (QED) is 0.272. The molecule has 0 unspecified atom stereocenters. The maximum atomic E-state index is 14.0. The van der Waals surface area contributed by atoms with E-state index in [9.17, 15) is 18.0 Å². The van der Waals surface area contributed by atoms with E-state index in [0.717, 1.165) is 28.7 Å². The molecule has 1 fully saturated rings. The number of aromatic nitrogens is 2. The zero-order valence-corrected chi connectivity index (χ0v) is 27.0. The number of alkyl halides is 3. The van der Waals surface area contributed by atoms with Gasteiger partial charge in [-0.2, -0.15) is 18.2 Å². The van der Waals surface area contributed by atoms with Crippen LogP contribution >= 0.6 is 0 Å². The molecule has 0 spiro atoms. The minimum atomic E-state index is -4.65. The number of piperazine rings is 1. The zero-order valence-electron chi connectivity index (χ0n) is 27.0. The van der Waals surface area contributed by atoms with Gasteiger partial charge in [0.1, 0.15) is 17.1 Å². The molecule has 0 bridgehead atoms. The average molecular weight is 629 g/mol. The van der Waals surface area contributed by atoms with Crippen molar-refractivity contribution in [3.8, 4) is 5.75 Å². The lowest BCUT2D eigenvalue weighted by Crippen LogP contribution is -2.50. The molecule has 0 aliphatic carbocycles. The van der Waals surface area contributed by atoms with Crippen LogP contribution in [-0.4, -0.2) is 86.7 Å². The first-order valence-electron chi connectivity index (χ1n) is 14.8. The minimum absolute atomic E-state index is 0.00964. The van der Waals surface area contributed by atoms with Gasteiger partial charge in [0.25, 0.3) is 0 Å². The Morgan fingerprint density at radius 3 is 2.36 bits per heavy atom. The van der Waals surface area contributed by atoms with Crippen molar-refractivity contribution in [1.82, 2.24) is 19.8 Å². The summed E-state index contributed by atoms with van der Waals surface area (Å²) in [6.45, 7) is 9.25. The first kappa shape index (κ1) is 33.6. The Balaban J connectivity index is 1.54. The van der Waals surface area contributed by atoms with Crippen molar-refractivity contribution in [3.05, 3.63) is 59.3 Å². The van der Waals surface area contributed by atoms with Crippen molar-refractivity contribution >= 4 is 34.7 Å². The van der Waals surface area contributed by atoms with Crippen LogP contribution in [0.4, 0.5) is 42.0 Å². The monoisotopic (exact) mass is 628 g/mol. The van der Waals surface area contributed by atoms with E-state index >= 15 is 0 Å². The number of nitrogens with one attached hydrogen (secondary N) is 3. The summed E-state index contributed by atoms with van der Waals surface area (Å²) < 4.78 is 47.6. The molecule has 2 heterocycles.